The lowest BCUT2D eigenvalue weighted by Crippen LogP contribution is -2.41. The van der Waals surface area contributed by atoms with Gasteiger partial charge in [-0.1, -0.05) is 0 Å². The van der Waals surface area contributed by atoms with Gasteiger partial charge in [-0.25, -0.2) is 4.39 Å². The smallest absolute Gasteiger partial charge is 0.399 e. The van der Waals surface area contributed by atoms with Crippen LogP contribution >= 0.6 is 0 Å². The molecule has 1 aliphatic heterocycles. The lowest BCUT2D eigenvalue weighted by molar-refractivity contribution is 0.00578. The molecule has 2 rings (SSSR count). The number of pyridine rings is 1. The zero-order chi connectivity index (χ0) is 14.3. The Kier molecular flexibility index (Phi) is 3.68. The van der Waals surface area contributed by atoms with E-state index >= 15 is 0 Å². The fraction of sp³-hybridized carbons (Fsp3) is 0.615. The van der Waals surface area contributed by atoms with Crippen LogP contribution < -0.4 is 5.46 Å². The Bertz CT molecular complexity index is 463. The van der Waals surface area contributed by atoms with Crippen molar-refractivity contribution in [1.82, 2.24) is 4.98 Å². The average Bonchev–Trinajstić information content (AvgIpc) is 2.51. The molecule has 0 bridgehead atoms. The molecule has 0 unspecified atom stereocenters. The van der Waals surface area contributed by atoms with Gasteiger partial charge in [-0.2, -0.15) is 0 Å². The minimum Gasteiger partial charge on any atom is -0.399 e. The third-order valence-corrected chi connectivity index (χ3v) is 3.83. The standard InChI is InChI=1S/C13H19BFNO3/c1-12(2)13(3,4)19-14(18-12)10-7-9(15)8-16-11(10)5-6-17/h7-8,17H,5-6H2,1-4H3. The fourth-order valence-corrected chi connectivity index (χ4v) is 1.97. The molecule has 0 spiro atoms. The van der Waals surface area contributed by atoms with Crippen LogP contribution in [-0.4, -0.2) is 35.0 Å². The third-order valence-electron chi connectivity index (χ3n) is 3.83. The van der Waals surface area contributed by atoms with E-state index in [1.807, 2.05) is 27.7 Å². The Balaban J connectivity index is 2.35. The fourth-order valence-electron chi connectivity index (χ4n) is 1.97. The van der Waals surface area contributed by atoms with Gasteiger partial charge in [-0.05, 0) is 33.8 Å². The lowest BCUT2D eigenvalue weighted by atomic mass is 9.77. The summed E-state index contributed by atoms with van der Waals surface area (Å²) in [5.41, 5.74) is 0.177. The number of halogens is 1. The Hall–Kier alpha value is -0.975. The highest BCUT2D eigenvalue weighted by Gasteiger charge is 2.52. The van der Waals surface area contributed by atoms with Crippen LogP contribution in [-0.2, 0) is 15.7 Å². The van der Waals surface area contributed by atoms with E-state index in [-0.39, 0.29) is 6.61 Å². The Labute approximate surface area is 113 Å². The monoisotopic (exact) mass is 267 g/mol. The second-order valence-corrected chi connectivity index (χ2v) is 5.75. The quantitative estimate of drug-likeness (QED) is 0.832. The molecule has 1 aromatic heterocycles. The van der Waals surface area contributed by atoms with Crippen LogP contribution in [0.1, 0.15) is 33.4 Å². The highest BCUT2D eigenvalue weighted by Crippen LogP contribution is 2.36. The molecule has 0 radical (unpaired) electrons. The van der Waals surface area contributed by atoms with Gasteiger partial charge in [0.25, 0.3) is 0 Å². The maximum atomic E-state index is 13.4. The Morgan fingerprint density at radius 1 is 1.26 bits per heavy atom. The summed E-state index contributed by atoms with van der Waals surface area (Å²) in [5, 5.41) is 9.05. The molecule has 2 heterocycles. The molecule has 0 amide bonds. The molecule has 1 aromatic rings. The predicted molar refractivity (Wildman–Crippen MR) is 70.7 cm³/mol. The van der Waals surface area contributed by atoms with Gasteiger partial charge in [0.1, 0.15) is 5.82 Å². The minimum absolute atomic E-state index is 0.0505. The molecule has 0 saturated carbocycles. The summed E-state index contributed by atoms with van der Waals surface area (Å²) in [6.07, 6.45) is 1.49. The first-order valence-corrected chi connectivity index (χ1v) is 6.37. The molecule has 4 nitrogen and oxygen atoms in total. The van der Waals surface area contributed by atoms with Crippen molar-refractivity contribution in [3.05, 3.63) is 23.8 Å². The first-order valence-electron chi connectivity index (χ1n) is 6.37. The van der Waals surface area contributed by atoms with E-state index in [9.17, 15) is 4.39 Å². The molecule has 1 aliphatic rings. The van der Waals surface area contributed by atoms with Gasteiger partial charge in [0, 0.05) is 24.2 Å². The minimum atomic E-state index is -0.658. The molecule has 6 heteroatoms. The summed E-state index contributed by atoms with van der Waals surface area (Å²) in [4.78, 5) is 4.01. The van der Waals surface area contributed by atoms with Crippen molar-refractivity contribution in [3.63, 3.8) is 0 Å². The van der Waals surface area contributed by atoms with Crippen molar-refractivity contribution < 1.29 is 18.8 Å². The number of hydrogen-bond acceptors (Lipinski definition) is 4. The zero-order valence-electron chi connectivity index (χ0n) is 11.7. The van der Waals surface area contributed by atoms with Gasteiger partial charge in [-0.15, -0.1) is 0 Å². The SMILES string of the molecule is CC1(C)OB(c2cc(F)cnc2CCO)OC1(C)C. The van der Waals surface area contributed by atoms with E-state index in [4.69, 9.17) is 14.4 Å². The molecule has 1 N–H and O–H groups in total. The van der Waals surface area contributed by atoms with Crippen LogP contribution in [0.2, 0.25) is 0 Å². The lowest BCUT2D eigenvalue weighted by Gasteiger charge is -2.32. The summed E-state index contributed by atoms with van der Waals surface area (Å²) in [7, 11) is -0.658. The number of hydrogen-bond donors (Lipinski definition) is 1. The van der Waals surface area contributed by atoms with Crippen LogP contribution in [0.3, 0.4) is 0 Å². The second-order valence-electron chi connectivity index (χ2n) is 5.75. The van der Waals surface area contributed by atoms with E-state index in [1.165, 1.54) is 6.07 Å². The van der Waals surface area contributed by atoms with Crippen molar-refractivity contribution in [2.24, 2.45) is 0 Å². The van der Waals surface area contributed by atoms with E-state index < -0.39 is 24.1 Å². The van der Waals surface area contributed by atoms with E-state index in [1.54, 1.807) is 0 Å². The molecule has 0 aromatic carbocycles. The van der Waals surface area contributed by atoms with Crippen molar-refractivity contribution in [1.29, 1.82) is 0 Å². The van der Waals surface area contributed by atoms with Gasteiger partial charge < -0.3 is 14.4 Å². The molecule has 1 fully saturated rings. The van der Waals surface area contributed by atoms with E-state index in [0.717, 1.165) is 6.20 Å². The van der Waals surface area contributed by atoms with Crippen LogP contribution in [0.4, 0.5) is 4.39 Å². The molecule has 1 saturated heterocycles. The first-order chi connectivity index (χ1) is 8.77. The number of rotatable bonds is 3. The van der Waals surface area contributed by atoms with Gasteiger partial charge in [0.15, 0.2) is 0 Å². The number of aromatic nitrogens is 1. The van der Waals surface area contributed by atoms with Gasteiger partial charge >= 0.3 is 7.12 Å². The van der Waals surface area contributed by atoms with Crippen LogP contribution in [0, 0.1) is 5.82 Å². The first kappa shape index (κ1) is 14.4. The number of nitrogens with zero attached hydrogens (tertiary/aromatic N) is 1. The summed E-state index contributed by atoms with van der Waals surface area (Å²) < 4.78 is 25.2. The normalized spacial score (nSPS) is 20.8. The van der Waals surface area contributed by atoms with Crippen molar-refractivity contribution in [3.8, 4) is 0 Å². The second kappa shape index (κ2) is 4.85. The predicted octanol–water partition coefficient (Wildman–Crippen LogP) is 1.05. The average molecular weight is 267 g/mol. The van der Waals surface area contributed by atoms with Crippen LogP contribution in [0.15, 0.2) is 12.3 Å². The van der Waals surface area contributed by atoms with Gasteiger partial charge in [0.05, 0.1) is 17.4 Å². The van der Waals surface area contributed by atoms with E-state index in [0.29, 0.717) is 17.6 Å². The molecule has 0 aliphatic carbocycles. The molecule has 19 heavy (non-hydrogen) atoms. The Morgan fingerprint density at radius 3 is 2.37 bits per heavy atom. The topological polar surface area (TPSA) is 51.6 Å². The maximum Gasteiger partial charge on any atom is 0.496 e. The van der Waals surface area contributed by atoms with Crippen LogP contribution in [0.25, 0.3) is 0 Å². The van der Waals surface area contributed by atoms with Gasteiger partial charge in [-0.3, -0.25) is 4.98 Å². The largest absolute Gasteiger partial charge is 0.496 e. The Morgan fingerprint density at radius 2 is 1.84 bits per heavy atom. The van der Waals surface area contributed by atoms with Gasteiger partial charge in [0.2, 0.25) is 0 Å². The van der Waals surface area contributed by atoms with Crippen molar-refractivity contribution >= 4 is 12.6 Å². The summed E-state index contributed by atoms with van der Waals surface area (Å²) in [6.45, 7) is 7.69. The highest BCUT2D eigenvalue weighted by atomic mass is 19.1. The molecule has 0 atom stereocenters. The molecular weight excluding hydrogens is 248 g/mol. The van der Waals surface area contributed by atoms with Crippen molar-refractivity contribution in [2.45, 2.75) is 45.3 Å². The third kappa shape index (κ3) is 2.66. The number of aliphatic hydroxyl groups excluding tert-OH is 1. The van der Waals surface area contributed by atoms with Crippen molar-refractivity contribution in [2.75, 3.05) is 6.61 Å². The van der Waals surface area contributed by atoms with E-state index in [2.05, 4.69) is 4.98 Å². The summed E-state index contributed by atoms with van der Waals surface area (Å²) >= 11 is 0. The molecular formula is C13H19BFNO3. The highest BCUT2D eigenvalue weighted by molar-refractivity contribution is 6.62. The number of aliphatic hydroxyl groups is 1. The van der Waals surface area contributed by atoms with Crippen LogP contribution in [0.5, 0.6) is 0 Å². The summed E-state index contributed by atoms with van der Waals surface area (Å²) in [5.74, 6) is -0.439. The molecule has 104 valence electrons. The maximum absolute atomic E-state index is 13.4. The summed E-state index contributed by atoms with van der Waals surface area (Å²) in [6, 6.07) is 1.36. The zero-order valence-corrected chi connectivity index (χ0v) is 11.7.